The number of hydrogen-bond donors (Lipinski definition) is 2. The topological polar surface area (TPSA) is 158 Å². The number of hydrogen-bond acceptors (Lipinski definition) is 7. The van der Waals surface area contributed by atoms with Gasteiger partial charge in [0.05, 0.1) is 21.6 Å². The number of carbonyl (C=O) groups is 1. The largest absolute Gasteiger partial charge is 1.00 e. The molecule has 0 radical (unpaired) electrons. The molecule has 0 saturated heterocycles. The minimum Gasteiger partial charge on any atom is -0.748 e. The van der Waals surface area contributed by atoms with E-state index in [2.05, 4.69) is 6.92 Å². The van der Waals surface area contributed by atoms with E-state index in [0.29, 0.717) is 6.42 Å². The van der Waals surface area contributed by atoms with Crippen molar-refractivity contribution >= 4 is 26.1 Å². The van der Waals surface area contributed by atoms with Gasteiger partial charge in [-0.15, -0.1) is 0 Å². The molecule has 12 heteroatoms. The van der Waals surface area contributed by atoms with E-state index in [-0.39, 0.29) is 54.3 Å². The molecule has 0 rings (SSSR count). The van der Waals surface area contributed by atoms with Gasteiger partial charge < -0.3 is 15.2 Å². The number of nitrogens with zero attached hydrogens (tertiary/aromatic N) is 1. The van der Waals surface area contributed by atoms with Crippen molar-refractivity contribution in [1.82, 2.24) is 4.90 Å². The van der Waals surface area contributed by atoms with Gasteiger partial charge in [0.15, 0.2) is 0 Å². The number of unbranched alkanes of at least 4 members (excludes halogenated alkanes) is 6. The van der Waals surface area contributed by atoms with Gasteiger partial charge in [-0.3, -0.25) is 9.35 Å². The van der Waals surface area contributed by atoms with Gasteiger partial charge in [-0.05, 0) is 6.42 Å². The zero-order valence-electron chi connectivity index (χ0n) is 16.7. The molecule has 0 bridgehead atoms. The van der Waals surface area contributed by atoms with Gasteiger partial charge in [0.25, 0.3) is 10.1 Å². The molecular weight excluding hydrogens is 407 g/mol. The van der Waals surface area contributed by atoms with E-state index >= 15 is 0 Å². The molecule has 0 aromatic carbocycles. The van der Waals surface area contributed by atoms with Gasteiger partial charge in [0, 0.05) is 26.6 Å². The number of carbonyl (C=O) groups excluding carboxylic acids is 1. The Labute approximate surface area is 186 Å². The fourth-order valence-electron chi connectivity index (χ4n) is 1.95. The maximum atomic E-state index is 11.6. The summed E-state index contributed by atoms with van der Waals surface area (Å²) in [6.07, 6.45) is 8.41. The van der Waals surface area contributed by atoms with Crippen LogP contribution in [0.5, 0.6) is 0 Å². The van der Waals surface area contributed by atoms with E-state index in [1.54, 1.807) is 0 Å². The van der Waals surface area contributed by atoms with Crippen LogP contribution in [0.2, 0.25) is 0 Å². The van der Waals surface area contributed by atoms with Crippen LogP contribution < -0.4 is 35.3 Å². The molecule has 0 aromatic heterocycles. The molecular formula is C15H33N2NaO7S2. The molecule has 1 amide bonds. The minimum atomic E-state index is -4.23. The normalized spacial score (nSPS) is 11.1. The number of nitrogens with two attached hydrogens (primary N) is 1. The second-order valence-electron chi connectivity index (χ2n) is 6.02. The molecule has 0 heterocycles. The first-order chi connectivity index (χ1) is 11.9. The zero-order valence-corrected chi connectivity index (χ0v) is 20.4. The number of amides is 1. The molecule has 158 valence electrons. The molecule has 0 fully saturated rings. The van der Waals surface area contributed by atoms with Crippen molar-refractivity contribution in [3.05, 3.63) is 0 Å². The first-order valence-corrected chi connectivity index (χ1v) is 11.9. The smallest absolute Gasteiger partial charge is 0.748 e. The quantitative estimate of drug-likeness (QED) is 0.188. The van der Waals surface area contributed by atoms with Crippen molar-refractivity contribution < 1.29 is 60.3 Å². The van der Waals surface area contributed by atoms with E-state index in [1.807, 2.05) is 0 Å². The van der Waals surface area contributed by atoms with Crippen molar-refractivity contribution in [3.8, 4) is 0 Å². The summed E-state index contributed by atoms with van der Waals surface area (Å²) in [4.78, 5) is 13.0. The van der Waals surface area contributed by atoms with E-state index < -0.39 is 26.0 Å². The predicted molar refractivity (Wildman–Crippen MR) is 100 cm³/mol. The third kappa shape index (κ3) is 28.6. The molecule has 0 aliphatic heterocycles. The monoisotopic (exact) mass is 440 g/mol. The Balaban J connectivity index is -0.000000612. The molecule has 27 heavy (non-hydrogen) atoms. The Hall–Kier alpha value is 0.250. The first kappa shape index (κ1) is 31.9. The van der Waals surface area contributed by atoms with Crippen LogP contribution in [0.4, 0.5) is 0 Å². The van der Waals surface area contributed by atoms with E-state index in [9.17, 15) is 26.2 Å². The van der Waals surface area contributed by atoms with Crippen LogP contribution in [0.25, 0.3) is 0 Å². The second-order valence-corrected chi connectivity index (χ2v) is 9.12. The van der Waals surface area contributed by atoms with Crippen LogP contribution in [0, 0.1) is 0 Å². The third-order valence-electron chi connectivity index (χ3n) is 3.47. The molecule has 9 nitrogen and oxygen atoms in total. The summed E-state index contributed by atoms with van der Waals surface area (Å²) in [5.74, 6) is -0.948. The van der Waals surface area contributed by atoms with Gasteiger partial charge in [0.1, 0.15) is 0 Å². The summed E-state index contributed by atoms with van der Waals surface area (Å²) in [6.45, 7) is 2.14. The van der Waals surface area contributed by atoms with Gasteiger partial charge in [-0.1, -0.05) is 45.4 Å². The average Bonchev–Trinajstić information content (AvgIpc) is 2.50. The summed E-state index contributed by atoms with van der Waals surface area (Å²) in [6, 6.07) is 0. The van der Waals surface area contributed by atoms with E-state index in [1.165, 1.54) is 37.6 Å². The SMILES string of the molecule is CCCCCCCCCC(=O)N(C)CCS(=O)(=O)[O-].NCCS(=O)(=O)O.[Na+]. The van der Waals surface area contributed by atoms with Crippen molar-refractivity contribution in [2.24, 2.45) is 5.73 Å². The fourth-order valence-corrected chi connectivity index (χ4v) is 2.74. The number of rotatable bonds is 13. The molecule has 0 saturated carbocycles. The fraction of sp³-hybridized carbons (Fsp3) is 0.933. The van der Waals surface area contributed by atoms with Gasteiger partial charge in [-0.2, -0.15) is 8.42 Å². The maximum Gasteiger partial charge on any atom is 1.00 e. The molecule has 0 aliphatic carbocycles. The molecule has 0 atom stereocenters. The summed E-state index contributed by atoms with van der Waals surface area (Å²) >= 11 is 0. The second kappa shape index (κ2) is 18.3. The van der Waals surface area contributed by atoms with Crippen LogP contribution in [0.1, 0.15) is 58.3 Å². The van der Waals surface area contributed by atoms with Crippen molar-refractivity contribution in [1.29, 1.82) is 0 Å². The Morgan fingerprint density at radius 1 is 1.00 bits per heavy atom. The predicted octanol–water partition coefficient (Wildman–Crippen LogP) is -2.03. The van der Waals surface area contributed by atoms with E-state index in [0.717, 1.165) is 19.3 Å². The van der Waals surface area contributed by atoms with Crippen LogP contribution in [0.15, 0.2) is 0 Å². The van der Waals surface area contributed by atoms with Crippen LogP contribution in [-0.4, -0.2) is 68.4 Å². The Morgan fingerprint density at radius 3 is 1.85 bits per heavy atom. The Morgan fingerprint density at radius 2 is 1.48 bits per heavy atom. The zero-order chi connectivity index (χ0) is 20.6. The van der Waals surface area contributed by atoms with Gasteiger partial charge >= 0.3 is 29.6 Å². The molecule has 0 unspecified atom stereocenters. The van der Waals surface area contributed by atoms with Crippen molar-refractivity contribution in [3.63, 3.8) is 0 Å². The summed E-state index contributed by atoms with van der Waals surface area (Å²) in [7, 11) is -6.50. The van der Waals surface area contributed by atoms with Crippen LogP contribution in [0.3, 0.4) is 0 Å². The Bertz CT molecular complexity index is 569. The maximum absolute atomic E-state index is 11.6. The standard InChI is InChI=1S/C13H27NO4S.C2H7NO3S.Na/c1-3-4-5-6-7-8-9-10-13(15)14(2)11-12-19(16,17)18;3-1-2-7(4,5)6;/h3-12H2,1-2H3,(H,16,17,18);1-3H2,(H,4,5,6);/q;;+1/p-1. The Kier molecular flexibility index (Phi) is 21.6. The molecule has 0 aromatic rings. The van der Waals surface area contributed by atoms with Gasteiger partial charge in [0.2, 0.25) is 5.91 Å². The third-order valence-corrected chi connectivity index (χ3v) is 4.91. The van der Waals surface area contributed by atoms with Crippen molar-refractivity contribution in [2.75, 3.05) is 31.6 Å². The molecule has 0 aliphatic rings. The van der Waals surface area contributed by atoms with Crippen LogP contribution >= 0.6 is 0 Å². The van der Waals surface area contributed by atoms with E-state index in [4.69, 9.17) is 10.3 Å². The minimum absolute atomic E-state index is 0. The van der Waals surface area contributed by atoms with Gasteiger partial charge in [-0.25, -0.2) is 8.42 Å². The summed E-state index contributed by atoms with van der Waals surface area (Å²) in [5.41, 5.74) is 4.78. The first-order valence-electron chi connectivity index (χ1n) is 8.75. The average molecular weight is 441 g/mol. The molecule has 0 spiro atoms. The van der Waals surface area contributed by atoms with Crippen LogP contribution in [-0.2, 0) is 25.0 Å². The van der Waals surface area contributed by atoms with Crippen molar-refractivity contribution in [2.45, 2.75) is 58.3 Å². The molecule has 3 N–H and O–H groups in total. The summed E-state index contributed by atoms with van der Waals surface area (Å²) < 4.78 is 58.7. The summed E-state index contributed by atoms with van der Waals surface area (Å²) in [5, 5.41) is 0.